The highest BCUT2D eigenvalue weighted by atomic mass is 16.5. The van der Waals surface area contributed by atoms with Crippen molar-refractivity contribution in [2.75, 3.05) is 13.2 Å². The van der Waals surface area contributed by atoms with E-state index in [1.165, 1.54) is 31.5 Å². The molecule has 0 spiro atoms. The molecule has 2 atom stereocenters. The number of nitrogens with zero attached hydrogens (tertiary/aromatic N) is 1. The van der Waals surface area contributed by atoms with E-state index < -0.39 is 35.7 Å². The van der Waals surface area contributed by atoms with E-state index in [9.17, 15) is 24.4 Å². The zero-order chi connectivity index (χ0) is 25.3. The van der Waals surface area contributed by atoms with Gasteiger partial charge in [-0.05, 0) is 56.9 Å². The molecule has 9 heteroatoms. The van der Waals surface area contributed by atoms with Crippen LogP contribution in [-0.4, -0.2) is 47.3 Å². The zero-order valence-electron chi connectivity index (χ0n) is 19.6. The minimum absolute atomic E-state index is 0.0862. The molecule has 0 fully saturated rings. The number of nitroso groups, excluding NO2 is 1. The summed E-state index contributed by atoms with van der Waals surface area (Å²) >= 11 is 0. The molecule has 2 rings (SSSR count). The number of carbonyl (C=O) groups excluding carboxylic acids is 3. The van der Waals surface area contributed by atoms with Gasteiger partial charge in [-0.2, -0.15) is 0 Å². The van der Waals surface area contributed by atoms with E-state index in [-0.39, 0.29) is 23.9 Å². The van der Waals surface area contributed by atoms with Crippen molar-refractivity contribution in [3.05, 3.63) is 70.1 Å². The van der Waals surface area contributed by atoms with Gasteiger partial charge in [0.15, 0.2) is 5.54 Å². The molecule has 0 aliphatic rings. The van der Waals surface area contributed by atoms with Crippen LogP contribution in [0.2, 0.25) is 0 Å². The van der Waals surface area contributed by atoms with Crippen LogP contribution in [0.15, 0.2) is 53.7 Å². The van der Waals surface area contributed by atoms with Gasteiger partial charge in [0.1, 0.15) is 12.4 Å². The van der Waals surface area contributed by atoms with Crippen LogP contribution >= 0.6 is 0 Å². The average Bonchev–Trinajstić information content (AvgIpc) is 2.83. The lowest BCUT2D eigenvalue weighted by atomic mass is 9.97. The molecule has 0 radical (unpaired) electrons. The summed E-state index contributed by atoms with van der Waals surface area (Å²) in [5.74, 6) is -2.92. The molecule has 0 aliphatic heterocycles. The summed E-state index contributed by atoms with van der Waals surface area (Å²) in [7, 11) is 0. The van der Waals surface area contributed by atoms with E-state index in [1.807, 2.05) is 25.1 Å². The Morgan fingerprint density at radius 3 is 2.44 bits per heavy atom. The van der Waals surface area contributed by atoms with Gasteiger partial charge in [0.25, 0.3) is 5.91 Å². The molecule has 0 saturated heterocycles. The second-order valence-corrected chi connectivity index (χ2v) is 8.68. The molecule has 2 aromatic rings. The Morgan fingerprint density at radius 2 is 1.82 bits per heavy atom. The Morgan fingerprint density at radius 1 is 1.15 bits per heavy atom. The molecular formula is C25H31N3O6. The quantitative estimate of drug-likeness (QED) is 0.284. The van der Waals surface area contributed by atoms with Crippen molar-refractivity contribution in [3.8, 4) is 5.75 Å². The Balaban J connectivity index is 2.11. The van der Waals surface area contributed by atoms with Crippen LogP contribution < -0.4 is 11.1 Å². The number of nitrogens with one attached hydrogen (secondary N) is 1. The fourth-order valence-corrected chi connectivity index (χ4v) is 3.29. The number of hydrogen-bond acceptors (Lipinski definition) is 8. The van der Waals surface area contributed by atoms with Crippen molar-refractivity contribution in [2.45, 2.75) is 51.3 Å². The van der Waals surface area contributed by atoms with E-state index in [0.717, 1.165) is 12.8 Å². The van der Waals surface area contributed by atoms with Crippen molar-refractivity contribution < 1.29 is 24.2 Å². The van der Waals surface area contributed by atoms with Gasteiger partial charge in [0.05, 0.1) is 11.7 Å². The summed E-state index contributed by atoms with van der Waals surface area (Å²) in [6, 6.07) is 14.4. The van der Waals surface area contributed by atoms with Crippen LogP contribution in [0.5, 0.6) is 5.75 Å². The Kier molecular flexibility index (Phi) is 9.58. The van der Waals surface area contributed by atoms with Crippen molar-refractivity contribution in [2.24, 2.45) is 10.9 Å². The third-order valence-electron chi connectivity index (χ3n) is 5.47. The number of carbonyl (C=O) groups is 3. The first-order valence-corrected chi connectivity index (χ1v) is 11.0. The first-order valence-electron chi connectivity index (χ1n) is 11.0. The Bertz CT molecular complexity index is 1020. The molecule has 182 valence electrons. The topological polar surface area (TPSA) is 148 Å². The summed E-state index contributed by atoms with van der Waals surface area (Å²) in [6.07, 6.45) is 0.976. The molecule has 0 saturated carbocycles. The minimum atomic E-state index is -1.68. The van der Waals surface area contributed by atoms with Crippen LogP contribution in [0, 0.1) is 4.91 Å². The standard InChI is InChI=1S/C25H31N3O6/c1-16(9-10-17-7-5-4-6-8-17)27-14-22(18-11-12-20(29)19(13-18)24(26)32)34-15-21(30)23(31)25(2,3)28-33/h4-8,11-13,16,22,27,29H,9-10,14-15H2,1-3H3,(H2,26,32). The number of ether oxygens (including phenoxy) is 1. The summed E-state index contributed by atoms with van der Waals surface area (Å²) in [4.78, 5) is 47.0. The van der Waals surface area contributed by atoms with Crippen LogP contribution in [0.3, 0.4) is 0 Å². The maximum atomic E-state index is 12.3. The highest BCUT2D eigenvalue weighted by Gasteiger charge is 2.34. The van der Waals surface area contributed by atoms with E-state index in [1.54, 1.807) is 6.07 Å². The number of amides is 1. The van der Waals surface area contributed by atoms with Gasteiger partial charge in [-0.1, -0.05) is 41.6 Å². The molecule has 0 bridgehead atoms. The SMILES string of the molecule is CC(CCc1ccccc1)NCC(OCC(=O)C(=O)C(C)(C)N=O)c1ccc(O)c(C(N)=O)c1. The van der Waals surface area contributed by atoms with Crippen molar-refractivity contribution in [1.82, 2.24) is 5.32 Å². The fourth-order valence-electron chi connectivity index (χ4n) is 3.29. The highest BCUT2D eigenvalue weighted by molar-refractivity contribution is 6.41. The van der Waals surface area contributed by atoms with Crippen LogP contribution in [-0.2, 0) is 20.7 Å². The number of primary amides is 1. The predicted molar refractivity (Wildman–Crippen MR) is 127 cm³/mol. The van der Waals surface area contributed by atoms with E-state index >= 15 is 0 Å². The number of hydrogen-bond donors (Lipinski definition) is 3. The third kappa shape index (κ3) is 7.57. The zero-order valence-corrected chi connectivity index (χ0v) is 19.6. The number of aryl methyl sites for hydroxylation is 1. The van der Waals surface area contributed by atoms with E-state index in [4.69, 9.17) is 10.5 Å². The summed E-state index contributed by atoms with van der Waals surface area (Å²) in [6.45, 7) is 4.21. The Hall–Kier alpha value is -3.43. The maximum absolute atomic E-state index is 12.3. The predicted octanol–water partition coefficient (Wildman–Crippen LogP) is 2.84. The van der Waals surface area contributed by atoms with Gasteiger partial charge in [0.2, 0.25) is 11.6 Å². The number of ketones is 2. The molecule has 4 N–H and O–H groups in total. The molecule has 9 nitrogen and oxygen atoms in total. The van der Waals surface area contributed by atoms with Crippen LogP contribution in [0.25, 0.3) is 0 Å². The molecule has 0 aliphatic carbocycles. The van der Waals surface area contributed by atoms with Gasteiger partial charge in [-0.3, -0.25) is 14.4 Å². The van der Waals surface area contributed by atoms with Crippen LogP contribution in [0.1, 0.15) is 54.8 Å². The second kappa shape index (κ2) is 12.2. The number of aromatic hydroxyl groups is 1. The van der Waals surface area contributed by atoms with Crippen molar-refractivity contribution >= 4 is 17.5 Å². The number of nitrogens with two attached hydrogens (primary N) is 1. The molecule has 1 amide bonds. The second-order valence-electron chi connectivity index (χ2n) is 8.68. The van der Waals surface area contributed by atoms with Crippen molar-refractivity contribution in [1.29, 1.82) is 0 Å². The number of benzene rings is 2. The smallest absolute Gasteiger partial charge is 0.252 e. The minimum Gasteiger partial charge on any atom is -0.507 e. The fraction of sp³-hybridized carbons (Fsp3) is 0.400. The van der Waals surface area contributed by atoms with Crippen LogP contribution in [0.4, 0.5) is 0 Å². The van der Waals surface area contributed by atoms with E-state index in [2.05, 4.69) is 22.6 Å². The largest absolute Gasteiger partial charge is 0.507 e. The lowest BCUT2D eigenvalue weighted by molar-refractivity contribution is -0.142. The van der Waals surface area contributed by atoms with Crippen molar-refractivity contribution in [3.63, 3.8) is 0 Å². The normalized spacial score (nSPS) is 13.1. The maximum Gasteiger partial charge on any atom is 0.252 e. The number of phenols is 1. The third-order valence-corrected chi connectivity index (χ3v) is 5.47. The number of rotatable bonds is 14. The summed E-state index contributed by atoms with van der Waals surface area (Å²) in [5.41, 5.74) is 5.26. The van der Waals surface area contributed by atoms with E-state index in [0.29, 0.717) is 5.56 Å². The molecule has 2 unspecified atom stereocenters. The lowest BCUT2D eigenvalue weighted by Crippen LogP contribution is -2.38. The van der Waals surface area contributed by atoms with Gasteiger partial charge in [0, 0.05) is 12.6 Å². The first kappa shape index (κ1) is 26.8. The average molecular weight is 470 g/mol. The van der Waals surface area contributed by atoms with Gasteiger partial charge < -0.3 is 20.9 Å². The van der Waals surface area contributed by atoms with Gasteiger partial charge in [-0.25, -0.2) is 0 Å². The summed E-state index contributed by atoms with van der Waals surface area (Å²) in [5, 5.41) is 15.9. The lowest BCUT2D eigenvalue weighted by Gasteiger charge is -2.23. The highest BCUT2D eigenvalue weighted by Crippen LogP contribution is 2.25. The number of Topliss-reactive ketones (excluding diaryl/α,β-unsaturated/α-hetero) is 2. The molecule has 2 aromatic carbocycles. The Labute approximate surface area is 198 Å². The molecular weight excluding hydrogens is 438 g/mol. The first-order chi connectivity index (χ1) is 16.0. The van der Waals surface area contributed by atoms with Gasteiger partial charge >= 0.3 is 0 Å². The molecule has 0 aromatic heterocycles. The van der Waals surface area contributed by atoms with Gasteiger partial charge in [-0.15, -0.1) is 4.91 Å². The molecule has 34 heavy (non-hydrogen) atoms. The monoisotopic (exact) mass is 469 g/mol. The molecule has 0 heterocycles. The summed E-state index contributed by atoms with van der Waals surface area (Å²) < 4.78 is 5.73.